The van der Waals surface area contributed by atoms with Gasteiger partial charge >= 0.3 is 0 Å². The largest absolute Gasteiger partial charge is 0.308 e. The van der Waals surface area contributed by atoms with Crippen molar-refractivity contribution in [3.63, 3.8) is 0 Å². The smallest absolute Gasteiger partial charge is 0.164 e. The van der Waals surface area contributed by atoms with Crippen molar-refractivity contribution >= 4 is 107 Å². The number of thiophene rings is 2. The molecule has 0 unspecified atom stereocenters. The highest BCUT2D eigenvalue weighted by Crippen LogP contribution is 2.50. The van der Waals surface area contributed by atoms with Crippen LogP contribution in [0.4, 0.5) is 0 Å². The van der Waals surface area contributed by atoms with Gasteiger partial charge in [0.2, 0.25) is 0 Å². The summed E-state index contributed by atoms with van der Waals surface area (Å²) in [5, 5.41) is 7.23. The SMILES string of the molecule is c1ccc(-c2cc(-c3ccc(-c4ccc(-c5nc6ccccc6c6sc7c8ccccc8n(-c8ccccc8)c7c56)cc4)cc3)nc(-c3ccccc3)n2)cc1.c1ccc(-c2nc(-c3ccccc3)nc(-c3ccc(-c4cccc(-c5nc6ccccc6c6sc7c8ccccc8n(-c8ccccc8)c7c56)c4)cc3)n2)cc1. The second-order valence-electron chi connectivity index (χ2n) is 27.8. The Labute approximate surface area is 652 Å². The van der Waals surface area contributed by atoms with Crippen molar-refractivity contribution in [3.05, 3.63) is 382 Å². The van der Waals surface area contributed by atoms with Crippen molar-refractivity contribution in [2.45, 2.75) is 0 Å². The van der Waals surface area contributed by atoms with E-state index in [9.17, 15) is 0 Å². The third kappa shape index (κ3) is 11.7. The fourth-order valence-corrected chi connectivity index (χ4v) is 18.4. The number of hydrogen-bond donors (Lipinski definition) is 0. The topological polar surface area (TPSA) is 100 Å². The van der Waals surface area contributed by atoms with E-state index in [0.717, 1.165) is 112 Å². The van der Waals surface area contributed by atoms with Gasteiger partial charge in [0.05, 0.1) is 65.3 Å². The summed E-state index contributed by atoms with van der Waals surface area (Å²) < 4.78 is 9.91. The van der Waals surface area contributed by atoms with E-state index >= 15 is 0 Å². The quantitative estimate of drug-likeness (QED) is 0.120. The Morgan fingerprint density at radius 3 is 0.946 bits per heavy atom. The molecule has 0 atom stereocenters. The third-order valence-electron chi connectivity index (χ3n) is 21.1. The van der Waals surface area contributed by atoms with Crippen LogP contribution in [0.25, 0.3) is 208 Å². The predicted molar refractivity (Wildman–Crippen MR) is 466 cm³/mol. The van der Waals surface area contributed by atoms with Gasteiger partial charge in [-0.05, 0) is 82.9 Å². The van der Waals surface area contributed by atoms with Crippen LogP contribution >= 0.6 is 22.7 Å². The number of rotatable bonds is 12. The summed E-state index contributed by atoms with van der Waals surface area (Å²) in [5.41, 5.74) is 25.4. The van der Waals surface area contributed by atoms with Crippen molar-refractivity contribution in [1.29, 1.82) is 0 Å². The van der Waals surface area contributed by atoms with E-state index in [4.69, 9.17) is 34.9 Å². The molecule has 0 spiro atoms. The van der Waals surface area contributed by atoms with Crippen LogP contribution in [0.5, 0.6) is 0 Å². The van der Waals surface area contributed by atoms with Gasteiger partial charge in [0, 0.05) is 97.6 Å². The molecule has 0 amide bonds. The third-order valence-corrected chi connectivity index (χ3v) is 23.6. The molecule has 9 nitrogen and oxygen atoms in total. The molecule has 11 heteroatoms. The van der Waals surface area contributed by atoms with Crippen molar-refractivity contribution in [2.24, 2.45) is 0 Å². The van der Waals surface area contributed by atoms with Crippen LogP contribution in [0.1, 0.15) is 0 Å². The standard InChI is InChI=1S/C51H32N4S.C50H31N5S/c1-4-14-35(15-5-1)43-32-44(54-51(53-43)38-16-6-2-7-17-38)36-28-24-33(25-29-36)34-26-30-37(31-27-34)47-46-48-50(56-49(46)40-20-10-12-22-42(40)52-47)41-21-11-13-23-45(41)55(48)39-18-8-3-9-19-39;1-4-15-33(16-5-1)48-52-49(34-17-6-2-7-18-34)54-50(53-48)35-29-27-32(28-30-35)36-19-14-20-37(31-36)44-43-45-47(56-46(43)39-23-10-12-25-41(39)51-44)40-24-11-13-26-42(40)55(45)38-21-8-3-9-22-38/h1-32H;1-31H. The molecule has 0 aliphatic heterocycles. The Balaban J connectivity index is 0.000000141. The molecule has 0 aliphatic rings. The Kier molecular flexibility index (Phi) is 16.4. The number of fused-ring (bicyclic) bond motifs is 14. The first kappa shape index (κ1) is 65.8. The maximum atomic E-state index is 5.43. The zero-order valence-electron chi connectivity index (χ0n) is 60.2. The molecular formula is C101H63N9S2. The molecule has 0 saturated carbocycles. The molecule has 0 radical (unpaired) electrons. The van der Waals surface area contributed by atoms with E-state index in [-0.39, 0.29) is 0 Å². The van der Waals surface area contributed by atoms with Gasteiger partial charge in [0.25, 0.3) is 0 Å². The fraction of sp³-hybridized carbons (Fsp3) is 0. The number of para-hydroxylation sites is 6. The van der Waals surface area contributed by atoms with Crippen LogP contribution in [0.15, 0.2) is 382 Å². The molecule has 0 bridgehead atoms. The molecule has 8 heterocycles. The average molecular weight is 1470 g/mol. The number of hydrogen-bond acceptors (Lipinski definition) is 9. The fourth-order valence-electron chi connectivity index (χ4n) is 15.7. The molecule has 0 aliphatic carbocycles. The number of nitrogens with zero attached hydrogens (tertiary/aromatic N) is 9. The minimum absolute atomic E-state index is 0.635. The van der Waals surface area contributed by atoms with Crippen molar-refractivity contribution in [2.75, 3.05) is 0 Å². The highest BCUT2D eigenvalue weighted by atomic mass is 32.1. The lowest BCUT2D eigenvalue weighted by atomic mass is 9.98. The van der Waals surface area contributed by atoms with Gasteiger partial charge in [-0.15, -0.1) is 22.7 Å². The van der Waals surface area contributed by atoms with E-state index in [2.05, 4.69) is 294 Å². The maximum Gasteiger partial charge on any atom is 0.164 e. The summed E-state index contributed by atoms with van der Waals surface area (Å²) in [4.78, 5) is 35.6. The summed E-state index contributed by atoms with van der Waals surface area (Å²) in [6.45, 7) is 0. The number of benzene rings is 14. The Bertz CT molecular complexity index is 7200. The zero-order valence-corrected chi connectivity index (χ0v) is 61.8. The second-order valence-corrected chi connectivity index (χ2v) is 29.9. The van der Waals surface area contributed by atoms with E-state index in [0.29, 0.717) is 23.3 Å². The van der Waals surface area contributed by atoms with E-state index in [1.807, 2.05) is 120 Å². The molecule has 22 aromatic rings. The van der Waals surface area contributed by atoms with Gasteiger partial charge in [-0.25, -0.2) is 34.9 Å². The summed E-state index contributed by atoms with van der Waals surface area (Å²) in [7, 11) is 0. The maximum absolute atomic E-state index is 5.43. The van der Waals surface area contributed by atoms with Gasteiger partial charge < -0.3 is 9.13 Å². The van der Waals surface area contributed by atoms with Crippen LogP contribution in [-0.2, 0) is 0 Å². The lowest BCUT2D eigenvalue weighted by molar-refractivity contribution is 1.07. The average Bonchev–Trinajstić information content (AvgIpc) is 1.55. The van der Waals surface area contributed by atoms with Crippen LogP contribution in [0.3, 0.4) is 0 Å². The molecule has 0 N–H and O–H groups in total. The molecule has 22 rings (SSSR count). The lowest BCUT2D eigenvalue weighted by Gasteiger charge is -2.12. The highest BCUT2D eigenvalue weighted by molar-refractivity contribution is 7.28. The molecule has 0 saturated heterocycles. The Morgan fingerprint density at radius 2 is 0.500 bits per heavy atom. The Hall–Kier alpha value is -14.5. The van der Waals surface area contributed by atoms with E-state index in [1.165, 1.54) is 73.2 Å². The summed E-state index contributed by atoms with van der Waals surface area (Å²) in [6.07, 6.45) is 0. The van der Waals surface area contributed by atoms with Crippen LogP contribution in [0, 0.1) is 0 Å². The van der Waals surface area contributed by atoms with Gasteiger partial charge in [-0.3, -0.25) is 0 Å². The number of pyridine rings is 2. The minimum atomic E-state index is 0.635. The summed E-state index contributed by atoms with van der Waals surface area (Å²) >= 11 is 3.74. The first-order valence-electron chi connectivity index (χ1n) is 37.4. The zero-order chi connectivity index (χ0) is 74.0. The minimum Gasteiger partial charge on any atom is -0.308 e. The highest BCUT2D eigenvalue weighted by Gasteiger charge is 2.26. The first-order valence-corrected chi connectivity index (χ1v) is 39.1. The number of aromatic nitrogens is 9. The van der Waals surface area contributed by atoms with Gasteiger partial charge in [-0.2, -0.15) is 0 Å². The second kappa shape index (κ2) is 27.9. The molecule has 14 aromatic carbocycles. The molecule has 8 aromatic heterocycles. The lowest BCUT2D eigenvalue weighted by Crippen LogP contribution is -2.00. The van der Waals surface area contributed by atoms with E-state index < -0.39 is 0 Å². The van der Waals surface area contributed by atoms with Gasteiger partial charge in [0.1, 0.15) is 0 Å². The normalized spacial score (nSPS) is 11.6. The van der Waals surface area contributed by atoms with Crippen molar-refractivity contribution in [1.82, 2.24) is 44.0 Å². The monoisotopic (exact) mass is 1470 g/mol. The predicted octanol–water partition coefficient (Wildman–Crippen LogP) is 26.7. The first-order chi connectivity index (χ1) is 55.5. The molecular weight excluding hydrogens is 1400 g/mol. The van der Waals surface area contributed by atoms with E-state index in [1.54, 1.807) is 0 Å². The van der Waals surface area contributed by atoms with Crippen molar-refractivity contribution in [3.8, 4) is 124 Å². The Morgan fingerprint density at radius 1 is 0.196 bits per heavy atom. The molecule has 0 fully saturated rings. The molecule has 112 heavy (non-hydrogen) atoms. The van der Waals surface area contributed by atoms with Crippen LogP contribution in [-0.4, -0.2) is 44.0 Å². The summed E-state index contributed by atoms with van der Waals surface area (Å²) in [6, 6.07) is 133. The molecule has 524 valence electrons. The van der Waals surface area contributed by atoms with Crippen LogP contribution in [0.2, 0.25) is 0 Å². The van der Waals surface area contributed by atoms with Gasteiger partial charge in [0.15, 0.2) is 23.3 Å². The van der Waals surface area contributed by atoms with Crippen LogP contribution < -0.4 is 0 Å². The van der Waals surface area contributed by atoms with Crippen molar-refractivity contribution < 1.29 is 0 Å². The summed E-state index contributed by atoms with van der Waals surface area (Å²) in [5.74, 6) is 2.64. The van der Waals surface area contributed by atoms with Gasteiger partial charge in [-0.1, -0.05) is 322 Å².